The Balaban J connectivity index is 2.24. The number of hydrogen-bond acceptors (Lipinski definition) is 2. The molecule has 0 spiro atoms. The number of carboxylic acids is 1. The summed E-state index contributed by atoms with van der Waals surface area (Å²) in [5.74, 6) is 0.0369. The van der Waals surface area contributed by atoms with Crippen molar-refractivity contribution in [2.24, 2.45) is 5.92 Å². The Bertz CT molecular complexity index is 188. The molecule has 0 aromatic heterocycles. The van der Waals surface area contributed by atoms with Crippen LogP contribution in [0.1, 0.15) is 46.0 Å². The molecule has 82 valence electrons. The molecule has 0 heterocycles. The molecule has 1 rings (SSSR count). The highest BCUT2D eigenvalue weighted by molar-refractivity contribution is 5.67. The van der Waals surface area contributed by atoms with Crippen LogP contribution in [0.15, 0.2) is 0 Å². The molecule has 1 saturated carbocycles. The van der Waals surface area contributed by atoms with Gasteiger partial charge in [0.1, 0.15) is 0 Å². The third kappa shape index (κ3) is 3.66. The zero-order valence-corrected chi connectivity index (χ0v) is 9.12. The average molecular weight is 199 g/mol. The second-order valence-corrected chi connectivity index (χ2v) is 4.50. The fourth-order valence-electron chi connectivity index (χ4n) is 2.36. The largest absolute Gasteiger partial charge is 0.481 e. The summed E-state index contributed by atoms with van der Waals surface area (Å²) in [4.78, 5) is 10.5. The molecule has 0 aromatic carbocycles. The smallest absolute Gasteiger partial charge is 0.304 e. The van der Waals surface area contributed by atoms with E-state index in [1.54, 1.807) is 0 Å². The van der Waals surface area contributed by atoms with Crippen molar-refractivity contribution in [1.82, 2.24) is 5.32 Å². The molecule has 3 heteroatoms. The van der Waals surface area contributed by atoms with E-state index in [2.05, 4.69) is 12.2 Å². The average Bonchev–Trinajstić information content (AvgIpc) is 2.53. The first-order chi connectivity index (χ1) is 6.59. The van der Waals surface area contributed by atoms with E-state index in [-0.39, 0.29) is 12.5 Å². The van der Waals surface area contributed by atoms with Gasteiger partial charge in [-0.2, -0.15) is 0 Å². The normalized spacial score (nSPS) is 22.1. The van der Waals surface area contributed by atoms with Gasteiger partial charge in [-0.3, -0.25) is 4.79 Å². The second-order valence-electron chi connectivity index (χ2n) is 4.50. The van der Waals surface area contributed by atoms with Gasteiger partial charge < -0.3 is 10.4 Å². The quantitative estimate of drug-likeness (QED) is 0.712. The maximum Gasteiger partial charge on any atom is 0.304 e. The molecule has 2 atom stereocenters. The van der Waals surface area contributed by atoms with Crippen molar-refractivity contribution in [1.29, 1.82) is 0 Å². The van der Waals surface area contributed by atoms with Crippen LogP contribution >= 0.6 is 0 Å². The van der Waals surface area contributed by atoms with Crippen LogP contribution in [-0.4, -0.2) is 23.2 Å². The van der Waals surface area contributed by atoms with Gasteiger partial charge in [0.05, 0.1) is 6.42 Å². The van der Waals surface area contributed by atoms with Crippen LogP contribution in [0.25, 0.3) is 0 Å². The Kier molecular flexibility index (Phi) is 4.39. The number of nitrogens with one attached hydrogen (secondary N) is 1. The maximum absolute atomic E-state index is 10.5. The molecule has 1 aliphatic rings. The van der Waals surface area contributed by atoms with E-state index in [4.69, 9.17) is 5.11 Å². The highest BCUT2D eigenvalue weighted by Crippen LogP contribution is 2.27. The Labute approximate surface area is 85.9 Å². The summed E-state index contributed by atoms with van der Waals surface area (Å²) < 4.78 is 0. The number of carboxylic acid groups (broad SMARTS) is 1. The number of rotatable bonds is 5. The van der Waals surface area contributed by atoms with Gasteiger partial charge in [-0.05, 0) is 32.6 Å². The van der Waals surface area contributed by atoms with Crippen molar-refractivity contribution in [3.05, 3.63) is 0 Å². The molecule has 0 saturated heterocycles. The van der Waals surface area contributed by atoms with E-state index in [1.165, 1.54) is 25.7 Å². The summed E-state index contributed by atoms with van der Waals surface area (Å²) in [5.41, 5.74) is 0. The molecule has 1 fully saturated rings. The van der Waals surface area contributed by atoms with Gasteiger partial charge in [0.15, 0.2) is 0 Å². The Morgan fingerprint density at radius 1 is 1.43 bits per heavy atom. The van der Waals surface area contributed by atoms with Gasteiger partial charge in [0, 0.05) is 12.1 Å². The van der Waals surface area contributed by atoms with Crippen LogP contribution < -0.4 is 5.32 Å². The lowest BCUT2D eigenvalue weighted by atomic mass is 9.99. The van der Waals surface area contributed by atoms with Gasteiger partial charge in [0.25, 0.3) is 0 Å². The first kappa shape index (κ1) is 11.5. The fraction of sp³-hybridized carbons (Fsp3) is 0.909. The fourth-order valence-corrected chi connectivity index (χ4v) is 2.36. The Morgan fingerprint density at radius 2 is 2.00 bits per heavy atom. The van der Waals surface area contributed by atoms with E-state index in [0.717, 1.165) is 5.92 Å². The summed E-state index contributed by atoms with van der Waals surface area (Å²) in [6.45, 7) is 4.12. The van der Waals surface area contributed by atoms with E-state index < -0.39 is 5.97 Å². The van der Waals surface area contributed by atoms with Crippen LogP contribution in [0, 0.1) is 5.92 Å². The number of carbonyl (C=O) groups is 1. The van der Waals surface area contributed by atoms with Crippen LogP contribution in [-0.2, 0) is 4.79 Å². The molecule has 0 aliphatic heterocycles. The van der Waals surface area contributed by atoms with Crippen LogP contribution in [0.4, 0.5) is 0 Å². The minimum atomic E-state index is -0.719. The summed E-state index contributed by atoms with van der Waals surface area (Å²) in [7, 11) is 0. The lowest BCUT2D eigenvalue weighted by molar-refractivity contribution is -0.137. The third-order valence-corrected chi connectivity index (χ3v) is 3.14. The summed E-state index contributed by atoms with van der Waals surface area (Å²) in [5, 5.41) is 12.0. The van der Waals surface area contributed by atoms with Crippen molar-refractivity contribution >= 4 is 5.97 Å². The van der Waals surface area contributed by atoms with Gasteiger partial charge in [-0.25, -0.2) is 0 Å². The number of hydrogen-bond donors (Lipinski definition) is 2. The Morgan fingerprint density at radius 3 is 2.50 bits per heavy atom. The lowest BCUT2D eigenvalue weighted by Gasteiger charge is -2.23. The zero-order valence-electron chi connectivity index (χ0n) is 9.12. The SMILES string of the molecule is CC(CC(=O)O)N[C@@H](C)C1CCCC1. The summed E-state index contributed by atoms with van der Waals surface area (Å²) >= 11 is 0. The minimum absolute atomic E-state index is 0.0862. The Hall–Kier alpha value is -0.570. The first-order valence-corrected chi connectivity index (χ1v) is 5.57. The molecular formula is C11H21NO2. The molecular weight excluding hydrogens is 178 g/mol. The van der Waals surface area contributed by atoms with Crippen molar-refractivity contribution in [2.45, 2.75) is 58.0 Å². The van der Waals surface area contributed by atoms with Gasteiger partial charge in [-0.15, -0.1) is 0 Å². The lowest BCUT2D eigenvalue weighted by Crippen LogP contribution is -2.39. The maximum atomic E-state index is 10.5. The van der Waals surface area contributed by atoms with Crippen molar-refractivity contribution in [3.63, 3.8) is 0 Å². The molecule has 3 nitrogen and oxygen atoms in total. The highest BCUT2D eigenvalue weighted by atomic mass is 16.4. The molecule has 0 radical (unpaired) electrons. The van der Waals surface area contributed by atoms with Crippen molar-refractivity contribution < 1.29 is 9.90 Å². The minimum Gasteiger partial charge on any atom is -0.481 e. The van der Waals surface area contributed by atoms with Gasteiger partial charge in [-0.1, -0.05) is 12.8 Å². The molecule has 1 unspecified atom stereocenters. The van der Waals surface area contributed by atoms with Crippen molar-refractivity contribution in [3.8, 4) is 0 Å². The predicted molar refractivity (Wildman–Crippen MR) is 56.3 cm³/mol. The van der Waals surface area contributed by atoms with Gasteiger partial charge in [0.2, 0.25) is 0 Å². The predicted octanol–water partition coefficient (Wildman–Crippen LogP) is 2.02. The third-order valence-electron chi connectivity index (χ3n) is 3.14. The molecule has 1 aliphatic carbocycles. The molecule has 0 aromatic rings. The summed E-state index contributed by atoms with van der Waals surface area (Å²) in [6, 6.07) is 0.551. The standard InChI is InChI=1S/C11H21NO2/c1-8(7-11(13)14)12-9(2)10-5-3-4-6-10/h8-10,12H,3-7H2,1-2H3,(H,13,14)/t8?,9-/m0/s1. The van der Waals surface area contributed by atoms with E-state index in [0.29, 0.717) is 6.04 Å². The van der Waals surface area contributed by atoms with E-state index in [9.17, 15) is 4.79 Å². The monoisotopic (exact) mass is 199 g/mol. The molecule has 0 amide bonds. The van der Waals surface area contributed by atoms with Crippen LogP contribution in [0.3, 0.4) is 0 Å². The van der Waals surface area contributed by atoms with Crippen molar-refractivity contribution in [2.75, 3.05) is 0 Å². The second kappa shape index (κ2) is 5.35. The zero-order chi connectivity index (χ0) is 10.6. The first-order valence-electron chi connectivity index (χ1n) is 5.57. The highest BCUT2D eigenvalue weighted by Gasteiger charge is 2.22. The van der Waals surface area contributed by atoms with E-state index >= 15 is 0 Å². The van der Waals surface area contributed by atoms with Crippen LogP contribution in [0.5, 0.6) is 0 Å². The van der Waals surface area contributed by atoms with E-state index in [1.807, 2.05) is 6.92 Å². The van der Waals surface area contributed by atoms with Crippen LogP contribution in [0.2, 0.25) is 0 Å². The molecule has 0 bridgehead atoms. The number of aliphatic carboxylic acids is 1. The summed E-state index contributed by atoms with van der Waals surface area (Å²) in [6.07, 6.45) is 5.49. The topological polar surface area (TPSA) is 49.3 Å². The van der Waals surface area contributed by atoms with Gasteiger partial charge >= 0.3 is 5.97 Å². The molecule has 2 N–H and O–H groups in total. The molecule has 14 heavy (non-hydrogen) atoms.